The van der Waals surface area contributed by atoms with Gasteiger partial charge in [-0.25, -0.2) is 18.1 Å². The van der Waals surface area contributed by atoms with Crippen LogP contribution < -0.4 is 15.8 Å². The van der Waals surface area contributed by atoms with E-state index < -0.39 is 10.0 Å². The zero-order valence-electron chi connectivity index (χ0n) is 11.1. The van der Waals surface area contributed by atoms with Crippen LogP contribution in [0.25, 0.3) is 0 Å². The molecule has 7 nitrogen and oxygen atoms in total. The van der Waals surface area contributed by atoms with Crippen molar-refractivity contribution in [2.75, 3.05) is 7.05 Å². The summed E-state index contributed by atoms with van der Waals surface area (Å²) in [5, 5.41) is 5.03. The van der Waals surface area contributed by atoms with Crippen LogP contribution in [-0.4, -0.2) is 26.4 Å². The van der Waals surface area contributed by atoms with E-state index in [9.17, 15) is 13.2 Å². The van der Waals surface area contributed by atoms with Crippen molar-refractivity contribution >= 4 is 38.6 Å². The first-order chi connectivity index (χ1) is 9.96. The molecule has 2 aromatic heterocycles. The van der Waals surface area contributed by atoms with E-state index >= 15 is 0 Å². The smallest absolute Gasteiger partial charge is 0.271 e. The number of thiazole rings is 1. The molecule has 0 fully saturated rings. The molecule has 0 unspecified atom stereocenters. The van der Waals surface area contributed by atoms with E-state index in [0.717, 1.165) is 16.2 Å². The van der Waals surface area contributed by atoms with Gasteiger partial charge in [-0.3, -0.25) is 4.79 Å². The Balaban J connectivity index is 1.99. The van der Waals surface area contributed by atoms with Gasteiger partial charge >= 0.3 is 0 Å². The number of nitrogens with two attached hydrogens (primary N) is 1. The number of carbonyl (C=O) groups is 1. The van der Waals surface area contributed by atoms with E-state index in [1.54, 1.807) is 11.4 Å². The average molecular weight is 346 g/mol. The molecule has 21 heavy (non-hydrogen) atoms. The van der Waals surface area contributed by atoms with Crippen LogP contribution in [0.2, 0.25) is 0 Å². The second-order valence-electron chi connectivity index (χ2n) is 3.94. The van der Waals surface area contributed by atoms with Crippen molar-refractivity contribution in [2.45, 2.75) is 17.3 Å². The fourth-order valence-corrected chi connectivity index (χ4v) is 4.25. The molecule has 0 aliphatic heterocycles. The summed E-state index contributed by atoms with van der Waals surface area (Å²) in [5.41, 5.74) is 5.76. The molecular formula is C11H14N4O3S3. The predicted octanol–water partition coefficient (Wildman–Crippen LogP) is 0.501. The Morgan fingerprint density at radius 3 is 2.81 bits per heavy atom. The lowest BCUT2D eigenvalue weighted by Gasteiger charge is -2.00. The minimum atomic E-state index is -3.44. The molecule has 2 aromatic rings. The Hall–Kier alpha value is -1.33. The summed E-state index contributed by atoms with van der Waals surface area (Å²) in [6, 6.07) is 3.18. The number of carbonyl (C=O) groups excluding carboxylic acids is 1. The second-order valence-corrected chi connectivity index (χ2v) is 8.17. The van der Waals surface area contributed by atoms with Gasteiger partial charge in [0.2, 0.25) is 10.0 Å². The topological polar surface area (TPSA) is 114 Å². The third-order valence-corrected chi connectivity index (χ3v) is 6.42. The lowest BCUT2D eigenvalue weighted by Crippen LogP contribution is -2.22. The minimum absolute atomic E-state index is 0.216. The molecule has 1 amide bonds. The number of amides is 1. The van der Waals surface area contributed by atoms with Crippen LogP contribution >= 0.6 is 22.7 Å². The quantitative estimate of drug-likeness (QED) is 0.705. The van der Waals surface area contributed by atoms with Crippen molar-refractivity contribution in [3.05, 3.63) is 33.1 Å². The fourth-order valence-electron chi connectivity index (χ4n) is 1.47. The van der Waals surface area contributed by atoms with Gasteiger partial charge in [-0.15, -0.1) is 22.7 Å². The van der Waals surface area contributed by atoms with Gasteiger partial charge < -0.3 is 11.1 Å². The van der Waals surface area contributed by atoms with E-state index in [1.807, 2.05) is 0 Å². The van der Waals surface area contributed by atoms with Crippen molar-refractivity contribution in [2.24, 2.45) is 5.73 Å². The number of nitrogens with one attached hydrogen (secondary N) is 2. The molecule has 0 aliphatic rings. The molecule has 4 N–H and O–H groups in total. The van der Waals surface area contributed by atoms with Gasteiger partial charge in [0.15, 0.2) is 0 Å². The van der Waals surface area contributed by atoms with Crippen LogP contribution in [0.5, 0.6) is 0 Å². The molecule has 0 saturated heterocycles. The van der Waals surface area contributed by atoms with Gasteiger partial charge in [-0.2, -0.15) is 0 Å². The Labute approximate surface area is 130 Å². The normalized spacial score (nSPS) is 11.5. The number of hydrogen-bond acceptors (Lipinski definition) is 7. The Morgan fingerprint density at radius 2 is 2.19 bits per heavy atom. The highest BCUT2D eigenvalue weighted by Crippen LogP contribution is 2.21. The summed E-state index contributed by atoms with van der Waals surface area (Å²) in [5.74, 6) is -0.308. The number of nitrogens with zero attached hydrogens (tertiary/aromatic N) is 1. The Morgan fingerprint density at radius 1 is 1.43 bits per heavy atom. The van der Waals surface area contributed by atoms with Crippen LogP contribution in [-0.2, 0) is 23.1 Å². The van der Waals surface area contributed by atoms with E-state index in [2.05, 4.69) is 15.0 Å². The van der Waals surface area contributed by atoms with E-state index in [1.165, 1.54) is 24.5 Å². The van der Waals surface area contributed by atoms with Crippen molar-refractivity contribution < 1.29 is 13.2 Å². The van der Waals surface area contributed by atoms with Crippen LogP contribution in [0.4, 0.5) is 0 Å². The highest BCUT2D eigenvalue weighted by Gasteiger charge is 2.15. The molecule has 0 aromatic carbocycles. The third-order valence-electron chi connectivity index (χ3n) is 2.55. The molecule has 114 valence electrons. The third kappa shape index (κ3) is 3.86. The molecule has 0 aliphatic carbocycles. The van der Waals surface area contributed by atoms with Crippen molar-refractivity contribution in [1.29, 1.82) is 0 Å². The molecule has 0 saturated carbocycles. The first kappa shape index (κ1) is 16.0. The molecule has 0 bridgehead atoms. The number of rotatable bonds is 6. The lowest BCUT2D eigenvalue weighted by molar-refractivity contribution is 0.0947. The zero-order valence-corrected chi connectivity index (χ0v) is 13.6. The van der Waals surface area contributed by atoms with Crippen LogP contribution in [0, 0.1) is 0 Å². The van der Waals surface area contributed by atoms with Crippen molar-refractivity contribution in [1.82, 2.24) is 15.0 Å². The Kier molecular flexibility index (Phi) is 5.06. The van der Waals surface area contributed by atoms with E-state index in [4.69, 9.17) is 5.73 Å². The largest absolute Gasteiger partial charge is 0.346 e. The van der Waals surface area contributed by atoms with Gasteiger partial charge in [-0.05, 0) is 19.2 Å². The first-order valence-corrected chi connectivity index (χ1v) is 9.09. The van der Waals surface area contributed by atoms with Crippen LogP contribution in [0.3, 0.4) is 0 Å². The Bertz CT molecular complexity index is 735. The number of aromatic nitrogens is 1. The monoisotopic (exact) mass is 346 g/mol. The van der Waals surface area contributed by atoms with E-state index in [-0.39, 0.29) is 16.7 Å². The van der Waals surface area contributed by atoms with Gasteiger partial charge in [0.1, 0.15) is 14.9 Å². The number of sulfonamides is 1. The zero-order chi connectivity index (χ0) is 15.5. The molecule has 2 heterocycles. The summed E-state index contributed by atoms with van der Waals surface area (Å²) in [7, 11) is -2.08. The van der Waals surface area contributed by atoms with Crippen LogP contribution in [0.15, 0.2) is 21.7 Å². The molecule has 0 radical (unpaired) electrons. The summed E-state index contributed by atoms with van der Waals surface area (Å²) < 4.78 is 25.7. The SMILES string of the molecule is CNS(=O)(=O)c1ccc(CNC(=O)c2csc(CN)n2)s1. The highest BCUT2D eigenvalue weighted by molar-refractivity contribution is 7.91. The predicted molar refractivity (Wildman–Crippen MR) is 81.7 cm³/mol. The lowest BCUT2D eigenvalue weighted by atomic mass is 10.4. The number of hydrogen-bond donors (Lipinski definition) is 3. The summed E-state index contributed by atoms with van der Waals surface area (Å²) in [6.45, 7) is 0.548. The maximum atomic E-state index is 11.9. The van der Waals surface area contributed by atoms with Gasteiger partial charge in [0.25, 0.3) is 5.91 Å². The summed E-state index contributed by atoms with van der Waals surface area (Å²) in [4.78, 5) is 16.7. The van der Waals surface area contributed by atoms with E-state index in [0.29, 0.717) is 17.2 Å². The first-order valence-electron chi connectivity index (χ1n) is 5.91. The molecular weight excluding hydrogens is 332 g/mol. The van der Waals surface area contributed by atoms with Gasteiger partial charge in [0, 0.05) is 16.8 Å². The fraction of sp³-hybridized carbons (Fsp3) is 0.273. The maximum absolute atomic E-state index is 11.9. The summed E-state index contributed by atoms with van der Waals surface area (Å²) >= 11 is 2.44. The molecule has 2 rings (SSSR count). The summed E-state index contributed by atoms with van der Waals surface area (Å²) in [6.07, 6.45) is 0. The minimum Gasteiger partial charge on any atom is -0.346 e. The average Bonchev–Trinajstić information content (AvgIpc) is 3.13. The van der Waals surface area contributed by atoms with Crippen molar-refractivity contribution in [3.63, 3.8) is 0 Å². The van der Waals surface area contributed by atoms with Crippen LogP contribution in [0.1, 0.15) is 20.4 Å². The molecule has 0 atom stereocenters. The second kappa shape index (κ2) is 6.62. The number of thiophene rings is 1. The molecule has 10 heteroatoms. The standard InChI is InChI=1S/C11H14N4O3S3/c1-13-21(17,18)10-3-2-7(20-10)5-14-11(16)8-6-19-9(4-12)15-8/h2-3,6,13H,4-5,12H2,1H3,(H,14,16). The maximum Gasteiger partial charge on any atom is 0.271 e. The molecule has 0 spiro atoms. The highest BCUT2D eigenvalue weighted by atomic mass is 32.2. The van der Waals surface area contributed by atoms with Crippen molar-refractivity contribution in [3.8, 4) is 0 Å². The van der Waals surface area contributed by atoms with Gasteiger partial charge in [-0.1, -0.05) is 0 Å². The van der Waals surface area contributed by atoms with Gasteiger partial charge in [0.05, 0.1) is 6.54 Å².